The maximum absolute atomic E-state index is 11.6. The number of hydrogen-bond acceptors (Lipinski definition) is 7. The number of thioether (sulfide) groups is 1. The van der Waals surface area contributed by atoms with Gasteiger partial charge >= 0.3 is 23.9 Å². The van der Waals surface area contributed by atoms with Crippen molar-refractivity contribution in [1.29, 1.82) is 0 Å². The fourth-order valence-electron chi connectivity index (χ4n) is 2.91. The van der Waals surface area contributed by atoms with Crippen LogP contribution in [0.2, 0.25) is 0 Å². The first-order valence-electron chi connectivity index (χ1n) is 9.73. The summed E-state index contributed by atoms with van der Waals surface area (Å²) in [7, 11) is 0. The van der Waals surface area contributed by atoms with Crippen LogP contribution < -0.4 is 4.74 Å². The number of carboxylic acids is 4. The van der Waals surface area contributed by atoms with Crippen molar-refractivity contribution in [3.8, 4) is 5.75 Å². The van der Waals surface area contributed by atoms with E-state index in [-0.39, 0.29) is 34.6 Å². The van der Waals surface area contributed by atoms with Gasteiger partial charge in [-0.25, -0.2) is 19.2 Å². The van der Waals surface area contributed by atoms with Crippen LogP contribution in [0.4, 0.5) is 0 Å². The number of rotatable bonds is 12. The predicted molar refractivity (Wildman–Crippen MR) is 123 cm³/mol. The molecule has 1 atom stereocenters. The standard InChI is InChI=1S/C22H22O9S2/c1-2-22(32,33-17-7-5-13(19(25)26)11-15(17)21(29)30)8-3-9-31-16-6-4-12(18(23)24)10-14(16)20(27)28/h4-7,10-11,32H,2-3,8-9H2,1H3,(H,23,24)(H,25,26)(H,27,28)(H,29,30). The fourth-order valence-corrected chi connectivity index (χ4v) is 4.56. The number of carboxylic acid groups (broad SMARTS) is 4. The zero-order chi connectivity index (χ0) is 24.8. The molecule has 0 saturated heterocycles. The van der Waals surface area contributed by atoms with Crippen molar-refractivity contribution in [3.63, 3.8) is 0 Å². The van der Waals surface area contributed by atoms with Gasteiger partial charge in [0, 0.05) is 4.90 Å². The molecule has 4 N–H and O–H groups in total. The molecule has 33 heavy (non-hydrogen) atoms. The molecular formula is C22H22O9S2. The van der Waals surface area contributed by atoms with Crippen molar-refractivity contribution in [3.05, 3.63) is 58.7 Å². The van der Waals surface area contributed by atoms with Crippen LogP contribution in [0.15, 0.2) is 41.3 Å². The third kappa shape index (κ3) is 6.90. The molecule has 1 unspecified atom stereocenters. The second-order valence-electron chi connectivity index (χ2n) is 7.00. The molecule has 0 aliphatic heterocycles. The van der Waals surface area contributed by atoms with Gasteiger partial charge in [-0.3, -0.25) is 0 Å². The molecule has 2 rings (SSSR count). The molecule has 0 bridgehead atoms. The minimum absolute atomic E-state index is 0.0406. The quantitative estimate of drug-likeness (QED) is 0.123. The van der Waals surface area contributed by atoms with E-state index >= 15 is 0 Å². The maximum atomic E-state index is 11.6. The summed E-state index contributed by atoms with van der Waals surface area (Å²) in [6.45, 7) is 2.00. The summed E-state index contributed by atoms with van der Waals surface area (Å²) < 4.78 is 4.86. The van der Waals surface area contributed by atoms with Crippen LogP contribution in [0, 0.1) is 0 Å². The summed E-state index contributed by atoms with van der Waals surface area (Å²) in [5.41, 5.74) is -0.691. The van der Waals surface area contributed by atoms with E-state index in [1.807, 2.05) is 6.92 Å². The van der Waals surface area contributed by atoms with Crippen LogP contribution >= 0.6 is 24.4 Å². The Hall–Kier alpha value is -3.18. The van der Waals surface area contributed by atoms with Crippen molar-refractivity contribution >= 4 is 48.3 Å². The first-order chi connectivity index (χ1) is 15.5. The second kappa shape index (κ2) is 11.1. The highest BCUT2D eigenvalue weighted by atomic mass is 32.2. The molecule has 0 amide bonds. The third-order valence-electron chi connectivity index (χ3n) is 4.74. The highest BCUT2D eigenvalue weighted by molar-refractivity contribution is 8.11. The van der Waals surface area contributed by atoms with Gasteiger partial charge in [-0.2, -0.15) is 12.6 Å². The highest BCUT2D eigenvalue weighted by Gasteiger charge is 2.27. The number of hydrogen-bond donors (Lipinski definition) is 5. The van der Waals surface area contributed by atoms with E-state index in [0.717, 1.165) is 12.1 Å². The second-order valence-corrected chi connectivity index (χ2v) is 9.58. The molecule has 11 heteroatoms. The molecule has 2 aromatic carbocycles. The number of ether oxygens (including phenoxy) is 1. The zero-order valence-corrected chi connectivity index (χ0v) is 19.2. The lowest BCUT2D eigenvalue weighted by molar-refractivity contribution is 0.0673. The highest BCUT2D eigenvalue weighted by Crippen LogP contribution is 2.44. The zero-order valence-electron chi connectivity index (χ0n) is 17.5. The summed E-state index contributed by atoms with van der Waals surface area (Å²) in [6.07, 6.45) is 1.46. The average molecular weight is 495 g/mol. The van der Waals surface area contributed by atoms with Gasteiger partial charge in [0.15, 0.2) is 0 Å². The smallest absolute Gasteiger partial charge is 0.339 e. The molecule has 0 spiro atoms. The molecule has 0 aromatic heterocycles. The first kappa shape index (κ1) is 26.1. The molecule has 9 nitrogen and oxygen atoms in total. The van der Waals surface area contributed by atoms with Crippen LogP contribution in [-0.2, 0) is 0 Å². The third-order valence-corrected chi connectivity index (χ3v) is 7.00. The Morgan fingerprint density at radius 1 is 0.879 bits per heavy atom. The van der Waals surface area contributed by atoms with Gasteiger partial charge in [0.2, 0.25) is 0 Å². The Labute approximate surface area is 198 Å². The summed E-state index contributed by atoms with van der Waals surface area (Å²) in [4.78, 5) is 45.6. The summed E-state index contributed by atoms with van der Waals surface area (Å²) in [5.74, 6) is -5.00. The van der Waals surface area contributed by atoms with Crippen molar-refractivity contribution < 1.29 is 44.3 Å². The fraction of sp³-hybridized carbons (Fsp3) is 0.273. The minimum atomic E-state index is -1.31. The van der Waals surface area contributed by atoms with Gasteiger partial charge in [-0.1, -0.05) is 6.92 Å². The number of carbonyl (C=O) groups is 4. The molecule has 0 saturated carbocycles. The Morgan fingerprint density at radius 3 is 1.94 bits per heavy atom. The Kier molecular flexibility index (Phi) is 8.77. The molecule has 0 fully saturated rings. The van der Waals surface area contributed by atoms with Gasteiger partial charge in [-0.05, 0) is 55.7 Å². The monoisotopic (exact) mass is 494 g/mol. The lowest BCUT2D eigenvalue weighted by Crippen LogP contribution is -2.18. The molecule has 0 aliphatic rings. The van der Waals surface area contributed by atoms with Crippen molar-refractivity contribution in [2.24, 2.45) is 0 Å². The Bertz CT molecular complexity index is 1080. The molecule has 0 aliphatic carbocycles. The van der Waals surface area contributed by atoms with Crippen LogP contribution in [-0.4, -0.2) is 55.0 Å². The van der Waals surface area contributed by atoms with Crippen LogP contribution in [0.1, 0.15) is 67.6 Å². The number of benzene rings is 2. The molecule has 176 valence electrons. The lowest BCUT2D eigenvalue weighted by Gasteiger charge is -2.27. The van der Waals surface area contributed by atoms with Crippen LogP contribution in [0.3, 0.4) is 0 Å². The van der Waals surface area contributed by atoms with E-state index in [4.69, 9.17) is 27.6 Å². The van der Waals surface area contributed by atoms with E-state index < -0.39 is 28.0 Å². The number of thiol groups is 1. The lowest BCUT2D eigenvalue weighted by atomic mass is 10.1. The summed E-state index contributed by atoms with van der Waals surface area (Å²) >= 11 is 5.90. The topological polar surface area (TPSA) is 158 Å². The first-order valence-corrected chi connectivity index (χ1v) is 11.0. The van der Waals surface area contributed by atoms with Crippen LogP contribution in [0.25, 0.3) is 0 Å². The van der Waals surface area contributed by atoms with E-state index in [2.05, 4.69) is 0 Å². The van der Waals surface area contributed by atoms with Gasteiger partial charge in [0.05, 0.1) is 27.4 Å². The van der Waals surface area contributed by atoms with E-state index in [9.17, 15) is 29.4 Å². The van der Waals surface area contributed by atoms with Crippen molar-refractivity contribution in [2.45, 2.75) is 35.2 Å². The Balaban J connectivity index is 2.09. The average Bonchev–Trinajstić information content (AvgIpc) is 2.76. The normalized spacial score (nSPS) is 12.5. The summed E-state index contributed by atoms with van der Waals surface area (Å²) in [5, 5.41) is 36.9. The largest absolute Gasteiger partial charge is 0.493 e. The summed E-state index contributed by atoms with van der Waals surface area (Å²) in [6, 6.07) is 7.45. The van der Waals surface area contributed by atoms with E-state index in [1.54, 1.807) is 0 Å². The molecule has 2 aromatic rings. The molecular weight excluding hydrogens is 472 g/mol. The van der Waals surface area contributed by atoms with Gasteiger partial charge < -0.3 is 25.2 Å². The Morgan fingerprint density at radius 2 is 1.42 bits per heavy atom. The van der Waals surface area contributed by atoms with Gasteiger partial charge in [0.1, 0.15) is 11.3 Å². The van der Waals surface area contributed by atoms with Gasteiger partial charge in [-0.15, -0.1) is 11.8 Å². The van der Waals surface area contributed by atoms with Crippen molar-refractivity contribution in [1.82, 2.24) is 0 Å². The predicted octanol–water partition coefficient (Wildman–Crippen LogP) is 4.47. The van der Waals surface area contributed by atoms with E-state index in [1.165, 1.54) is 36.0 Å². The SMILES string of the molecule is CCC(S)(CCCOc1ccc(C(=O)O)cc1C(=O)O)Sc1ccc(C(=O)O)cc1C(=O)O. The van der Waals surface area contributed by atoms with Crippen molar-refractivity contribution in [2.75, 3.05) is 6.61 Å². The molecule has 0 radical (unpaired) electrons. The molecule has 0 heterocycles. The minimum Gasteiger partial charge on any atom is -0.493 e. The number of aromatic carboxylic acids is 4. The van der Waals surface area contributed by atoms with Crippen LogP contribution in [0.5, 0.6) is 5.75 Å². The van der Waals surface area contributed by atoms with Gasteiger partial charge in [0.25, 0.3) is 0 Å². The maximum Gasteiger partial charge on any atom is 0.339 e. The van der Waals surface area contributed by atoms with E-state index in [0.29, 0.717) is 24.2 Å².